The Bertz CT molecular complexity index is 289. The minimum absolute atomic E-state index is 0.535. The van der Waals surface area contributed by atoms with E-state index >= 15 is 0 Å². The molecular formula is C9H11ClN2O. The lowest BCUT2D eigenvalue weighted by Gasteiger charge is -2.00. The van der Waals surface area contributed by atoms with Crippen LogP contribution in [0.4, 0.5) is 0 Å². The van der Waals surface area contributed by atoms with Crippen molar-refractivity contribution < 1.29 is 4.74 Å². The van der Waals surface area contributed by atoms with Crippen molar-refractivity contribution in [2.75, 3.05) is 13.0 Å². The van der Waals surface area contributed by atoms with E-state index in [1.165, 1.54) is 0 Å². The molecule has 0 saturated carbocycles. The molecule has 0 aromatic carbocycles. The number of rotatable bonds is 4. The quantitative estimate of drug-likeness (QED) is 0.696. The van der Waals surface area contributed by atoms with Crippen molar-refractivity contribution in [3.05, 3.63) is 24.2 Å². The average molecular weight is 199 g/mol. The summed E-state index contributed by atoms with van der Waals surface area (Å²) in [4.78, 5) is 8.11. The van der Waals surface area contributed by atoms with E-state index in [4.69, 9.17) is 16.3 Å². The van der Waals surface area contributed by atoms with E-state index in [0.29, 0.717) is 11.8 Å². The fraction of sp³-hybridized carbons (Fsp3) is 0.333. The summed E-state index contributed by atoms with van der Waals surface area (Å²) in [6.07, 6.45) is 7.84. The standard InChI is InChI=1S/C9H11ClN2O/c1-13-9-8(4-2-3-5-10)11-6-7-12-9/h2,4,6-7H,3,5H2,1H3/b4-2+. The molecule has 3 nitrogen and oxygen atoms in total. The minimum atomic E-state index is 0.535. The Morgan fingerprint density at radius 2 is 2.23 bits per heavy atom. The molecule has 0 aliphatic heterocycles. The maximum atomic E-state index is 5.52. The molecule has 0 bridgehead atoms. The topological polar surface area (TPSA) is 35.0 Å². The highest BCUT2D eigenvalue weighted by atomic mass is 35.5. The van der Waals surface area contributed by atoms with Crippen LogP contribution in [0.25, 0.3) is 6.08 Å². The molecule has 0 radical (unpaired) electrons. The Kier molecular flexibility index (Phi) is 4.26. The van der Waals surface area contributed by atoms with Crippen molar-refractivity contribution >= 4 is 17.7 Å². The third-order valence-corrected chi connectivity index (χ3v) is 1.65. The summed E-state index contributed by atoms with van der Waals surface area (Å²) in [6.45, 7) is 0. The molecule has 70 valence electrons. The van der Waals surface area contributed by atoms with E-state index in [9.17, 15) is 0 Å². The SMILES string of the molecule is COc1nccnc1/C=C/CCCl. The van der Waals surface area contributed by atoms with Gasteiger partial charge in [-0.05, 0) is 12.5 Å². The molecule has 13 heavy (non-hydrogen) atoms. The highest BCUT2D eigenvalue weighted by Crippen LogP contribution is 2.12. The minimum Gasteiger partial charge on any atom is -0.479 e. The molecule has 0 atom stereocenters. The molecular weight excluding hydrogens is 188 g/mol. The molecule has 0 N–H and O–H groups in total. The molecule has 0 unspecified atom stereocenters. The van der Waals surface area contributed by atoms with Crippen molar-refractivity contribution in [2.45, 2.75) is 6.42 Å². The van der Waals surface area contributed by atoms with E-state index in [2.05, 4.69) is 9.97 Å². The lowest BCUT2D eigenvalue weighted by Crippen LogP contribution is -1.92. The van der Waals surface area contributed by atoms with Crippen LogP contribution < -0.4 is 4.74 Å². The van der Waals surface area contributed by atoms with E-state index in [1.54, 1.807) is 19.5 Å². The summed E-state index contributed by atoms with van der Waals surface area (Å²) in [5.74, 6) is 1.15. The normalized spacial score (nSPS) is 10.6. The van der Waals surface area contributed by atoms with E-state index in [0.717, 1.165) is 12.1 Å². The predicted octanol–water partition coefficient (Wildman–Crippen LogP) is 2.13. The van der Waals surface area contributed by atoms with Crippen molar-refractivity contribution in [1.29, 1.82) is 0 Å². The average Bonchev–Trinajstić information content (AvgIpc) is 2.19. The number of methoxy groups -OCH3 is 1. The van der Waals surface area contributed by atoms with E-state index in [1.807, 2.05) is 12.2 Å². The summed E-state index contributed by atoms with van der Waals surface area (Å²) < 4.78 is 5.02. The summed E-state index contributed by atoms with van der Waals surface area (Å²) in [5.41, 5.74) is 0.732. The van der Waals surface area contributed by atoms with Crippen molar-refractivity contribution in [1.82, 2.24) is 9.97 Å². The number of hydrogen-bond acceptors (Lipinski definition) is 3. The van der Waals surface area contributed by atoms with Gasteiger partial charge in [0.05, 0.1) is 7.11 Å². The third kappa shape index (κ3) is 3.03. The molecule has 1 heterocycles. The maximum Gasteiger partial charge on any atom is 0.239 e. The van der Waals surface area contributed by atoms with Crippen LogP contribution in [0.15, 0.2) is 18.5 Å². The fourth-order valence-electron chi connectivity index (χ4n) is 0.866. The van der Waals surface area contributed by atoms with Gasteiger partial charge in [-0.15, -0.1) is 11.6 Å². The first-order valence-electron chi connectivity index (χ1n) is 3.96. The van der Waals surface area contributed by atoms with Crippen LogP contribution in [0.1, 0.15) is 12.1 Å². The summed E-state index contributed by atoms with van der Waals surface area (Å²) in [7, 11) is 1.57. The van der Waals surface area contributed by atoms with Gasteiger partial charge in [0, 0.05) is 18.3 Å². The largest absolute Gasteiger partial charge is 0.479 e. The van der Waals surface area contributed by atoms with E-state index < -0.39 is 0 Å². The molecule has 4 heteroatoms. The van der Waals surface area contributed by atoms with Crippen LogP contribution in [0.2, 0.25) is 0 Å². The number of alkyl halides is 1. The smallest absolute Gasteiger partial charge is 0.239 e. The molecule has 0 amide bonds. The molecule has 0 aliphatic rings. The Morgan fingerprint density at radius 3 is 2.92 bits per heavy atom. The number of hydrogen-bond donors (Lipinski definition) is 0. The first-order chi connectivity index (χ1) is 6.38. The maximum absolute atomic E-state index is 5.52. The Morgan fingerprint density at radius 1 is 1.46 bits per heavy atom. The summed E-state index contributed by atoms with van der Waals surface area (Å²) in [5, 5.41) is 0. The van der Waals surface area contributed by atoms with Gasteiger partial charge in [0.2, 0.25) is 5.88 Å². The second-order valence-electron chi connectivity index (χ2n) is 2.33. The second kappa shape index (κ2) is 5.54. The number of nitrogens with zero attached hydrogens (tertiary/aromatic N) is 2. The Labute approximate surface area is 82.4 Å². The van der Waals surface area contributed by atoms with Gasteiger partial charge in [0.1, 0.15) is 5.69 Å². The molecule has 0 saturated heterocycles. The van der Waals surface area contributed by atoms with Crippen LogP contribution in [0, 0.1) is 0 Å². The summed E-state index contributed by atoms with van der Waals surface area (Å²) >= 11 is 5.52. The van der Waals surface area contributed by atoms with Gasteiger partial charge in [-0.1, -0.05) is 6.08 Å². The van der Waals surface area contributed by atoms with Crippen LogP contribution in [0.3, 0.4) is 0 Å². The van der Waals surface area contributed by atoms with Crippen molar-refractivity contribution in [3.8, 4) is 5.88 Å². The number of aromatic nitrogens is 2. The van der Waals surface area contributed by atoms with Crippen LogP contribution in [0.5, 0.6) is 5.88 Å². The van der Waals surface area contributed by atoms with Gasteiger partial charge < -0.3 is 4.74 Å². The van der Waals surface area contributed by atoms with E-state index in [-0.39, 0.29) is 0 Å². The first-order valence-corrected chi connectivity index (χ1v) is 4.49. The molecule has 0 fully saturated rings. The Hall–Kier alpha value is -1.09. The van der Waals surface area contributed by atoms with Crippen LogP contribution in [-0.2, 0) is 0 Å². The first kappa shape index (κ1) is 9.99. The van der Waals surface area contributed by atoms with Crippen LogP contribution >= 0.6 is 11.6 Å². The molecule has 0 aliphatic carbocycles. The van der Waals surface area contributed by atoms with Gasteiger partial charge in [0.25, 0.3) is 0 Å². The Balaban J connectivity index is 2.74. The fourth-order valence-corrected chi connectivity index (χ4v) is 0.992. The van der Waals surface area contributed by atoms with Crippen molar-refractivity contribution in [2.24, 2.45) is 0 Å². The van der Waals surface area contributed by atoms with Gasteiger partial charge in [-0.25, -0.2) is 9.97 Å². The zero-order valence-electron chi connectivity index (χ0n) is 7.40. The zero-order valence-corrected chi connectivity index (χ0v) is 8.16. The van der Waals surface area contributed by atoms with Gasteiger partial charge in [-0.3, -0.25) is 0 Å². The lowest BCUT2D eigenvalue weighted by molar-refractivity contribution is 0.394. The second-order valence-corrected chi connectivity index (χ2v) is 2.71. The molecule has 0 spiro atoms. The number of ether oxygens (including phenoxy) is 1. The molecule has 1 rings (SSSR count). The number of allylic oxidation sites excluding steroid dienone is 1. The zero-order chi connectivity index (χ0) is 9.52. The van der Waals surface area contributed by atoms with Gasteiger partial charge in [0.15, 0.2) is 0 Å². The molecule has 1 aromatic rings. The van der Waals surface area contributed by atoms with Crippen LogP contribution in [-0.4, -0.2) is 23.0 Å². The van der Waals surface area contributed by atoms with Crippen molar-refractivity contribution in [3.63, 3.8) is 0 Å². The monoisotopic (exact) mass is 198 g/mol. The highest BCUT2D eigenvalue weighted by molar-refractivity contribution is 6.17. The van der Waals surface area contributed by atoms with Gasteiger partial charge in [-0.2, -0.15) is 0 Å². The lowest BCUT2D eigenvalue weighted by atomic mass is 10.3. The predicted molar refractivity (Wildman–Crippen MR) is 53.0 cm³/mol. The van der Waals surface area contributed by atoms with Gasteiger partial charge >= 0.3 is 0 Å². The third-order valence-electron chi connectivity index (χ3n) is 1.44. The summed E-state index contributed by atoms with van der Waals surface area (Å²) in [6, 6.07) is 0. The number of halogens is 1. The molecule has 1 aromatic heterocycles. The highest BCUT2D eigenvalue weighted by Gasteiger charge is 1.98.